The van der Waals surface area contributed by atoms with Crippen molar-refractivity contribution in [2.75, 3.05) is 7.11 Å². The highest BCUT2D eigenvalue weighted by Gasteiger charge is 2.10. The summed E-state index contributed by atoms with van der Waals surface area (Å²) in [6.07, 6.45) is 1.79. The molecular formula is C24H17BrIN3O2. The first-order valence-electron chi connectivity index (χ1n) is 9.38. The van der Waals surface area contributed by atoms with Crippen molar-refractivity contribution in [1.29, 1.82) is 5.26 Å². The van der Waals surface area contributed by atoms with E-state index in [4.69, 9.17) is 9.47 Å². The standard InChI is InChI=1S/C24H17BrIN3O2/c1-30-19-7-8-21-22(12-19)29-24(28-21)17(13-27)10-16-4-9-23(20(25)11-16)31-14-15-2-5-18(26)6-3-15/h2-12H,14H2,1H3,(H,28,29)/b17-10-. The van der Waals surface area contributed by atoms with Crippen LogP contribution in [0, 0.1) is 14.9 Å². The molecule has 0 aliphatic heterocycles. The Kier molecular flexibility index (Phi) is 6.59. The van der Waals surface area contributed by atoms with Crippen LogP contribution in [0.2, 0.25) is 0 Å². The van der Waals surface area contributed by atoms with Gasteiger partial charge >= 0.3 is 0 Å². The van der Waals surface area contributed by atoms with Crippen LogP contribution in [0.25, 0.3) is 22.7 Å². The van der Waals surface area contributed by atoms with Gasteiger partial charge in [-0.3, -0.25) is 0 Å². The summed E-state index contributed by atoms with van der Waals surface area (Å²) in [5.41, 5.74) is 4.00. The molecule has 5 nitrogen and oxygen atoms in total. The fraction of sp³-hybridized carbons (Fsp3) is 0.0833. The Morgan fingerprint density at radius 3 is 2.68 bits per heavy atom. The lowest BCUT2D eigenvalue weighted by Gasteiger charge is -2.09. The molecule has 0 aliphatic rings. The maximum atomic E-state index is 9.68. The van der Waals surface area contributed by atoms with Crippen molar-refractivity contribution in [1.82, 2.24) is 9.97 Å². The van der Waals surface area contributed by atoms with Crippen LogP contribution in [0.15, 0.2) is 65.1 Å². The zero-order chi connectivity index (χ0) is 21.8. The van der Waals surface area contributed by atoms with Gasteiger partial charge in [-0.1, -0.05) is 18.2 Å². The van der Waals surface area contributed by atoms with E-state index in [0.29, 0.717) is 18.0 Å². The van der Waals surface area contributed by atoms with Gasteiger partial charge in [0.05, 0.1) is 28.2 Å². The minimum absolute atomic E-state index is 0.439. The maximum absolute atomic E-state index is 9.68. The second-order valence-corrected chi connectivity index (χ2v) is 8.84. The molecule has 4 aromatic rings. The first-order chi connectivity index (χ1) is 15.1. The van der Waals surface area contributed by atoms with Crippen LogP contribution in [-0.2, 0) is 6.61 Å². The topological polar surface area (TPSA) is 70.9 Å². The number of allylic oxidation sites excluding steroid dienone is 1. The number of aromatic nitrogens is 2. The summed E-state index contributed by atoms with van der Waals surface area (Å²) in [6, 6.07) is 21.7. The average molecular weight is 586 g/mol. The summed E-state index contributed by atoms with van der Waals surface area (Å²) in [7, 11) is 1.62. The van der Waals surface area contributed by atoms with Gasteiger partial charge in [0.15, 0.2) is 0 Å². The second kappa shape index (κ2) is 9.54. The van der Waals surface area contributed by atoms with E-state index in [0.717, 1.165) is 38.1 Å². The number of nitrogens with zero attached hydrogens (tertiary/aromatic N) is 2. The molecule has 0 fully saturated rings. The molecule has 0 atom stereocenters. The first-order valence-corrected chi connectivity index (χ1v) is 11.3. The Morgan fingerprint density at radius 1 is 1.16 bits per heavy atom. The van der Waals surface area contributed by atoms with Crippen molar-refractivity contribution in [2.45, 2.75) is 6.61 Å². The van der Waals surface area contributed by atoms with Crippen molar-refractivity contribution in [3.8, 4) is 17.6 Å². The second-order valence-electron chi connectivity index (χ2n) is 6.74. The van der Waals surface area contributed by atoms with Crippen molar-refractivity contribution >= 4 is 61.2 Å². The number of fused-ring (bicyclic) bond motifs is 1. The molecule has 0 aliphatic carbocycles. The van der Waals surface area contributed by atoms with Crippen molar-refractivity contribution < 1.29 is 9.47 Å². The third-order valence-corrected chi connectivity index (χ3v) is 5.98. The van der Waals surface area contributed by atoms with E-state index >= 15 is 0 Å². The van der Waals surface area contributed by atoms with Gasteiger partial charge in [-0.15, -0.1) is 0 Å². The number of hydrogen-bond donors (Lipinski definition) is 1. The largest absolute Gasteiger partial charge is 0.497 e. The predicted molar refractivity (Wildman–Crippen MR) is 134 cm³/mol. The fourth-order valence-corrected chi connectivity index (χ4v) is 3.90. The van der Waals surface area contributed by atoms with Gasteiger partial charge in [-0.25, -0.2) is 4.98 Å². The van der Waals surface area contributed by atoms with E-state index in [2.05, 4.69) is 78.8 Å². The number of rotatable bonds is 6. The average Bonchev–Trinajstić information content (AvgIpc) is 3.21. The molecule has 1 heterocycles. The van der Waals surface area contributed by atoms with Crippen LogP contribution in [0.3, 0.4) is 0 Å². The third-order valence-electron chi connectivity index (χ3n) is 4.64. The highest BCUT2D eigenvalue weighted by molar-refractivity contribution is 14.1. The van der Waals surface area contributed by atoms with Gasteiger partial charge in [-0.2, -0.15) is 5.26 Å². The van der Waals surface area contributed by atoms with Gasteiger partial charge in [0.2, 0.25) is 0 Å². The Bertz CT molecular complexity index is 1310. The molecule has 154 valence electrons. The SMILES string of the molecule is COc1ccc2nc(/C(C#N)=C\c3ccc(OCc4ccc(I)cc4)c(Br)c3)[nH]c2c1. The Balaban J connectivity index is 1.55. The molecule has 7 heteroatoms. The smallest absolute Gasteiger partial charge is 0.149 e. The summed E-state index contributed by atoms with van der Waals surface area (Å²) >= 11 is 5.85. The van der Waals surface area contributed by atoms with E-state index in [1.165, 1.54) is 3.57 Å². The molecule has 31 heavy (non-hydrogen) atoms. The van der Waals surface area contributed by atoms with E-state index < -0.39 is 0 Å². The monoisotopic (exact) mass is 585 g/mol. The minimum atomic E-state index is 0.439. The first kappa shape index (κ1) is 21.4. The third kappa shape index (κ3) is 5.09. The van der Waals surface area contributed by atoms with Gasteiger partial charge in [0, 0.05) is 9.64 Å². The number of benzene rings is 3. The Morgan fingerprint density at radius 2 is 1.97 bits per heavy atom. The summed E-state index contributed by atoms with van der Waals surface area (Å²) in [5, 5.41) is 9.68. The molecule has 0 bridgehead atoms. The molecule has 1 aromatic heterocycles. The van der Waals surface area contributed by atoms with E-state index in [1.54, 1.807) is 13.2 Å². The molecule has 4 rings (SSSR count). The maximum Gasteiger partial charge on any atom is 0.149 e. The van der Waals surface area contributed by atoms with Crippen LogP contribution < -0.4 is 9.47 Å². The number of H-pyrrole nitrogens is 1. The minimum Gasteiger partial charge on any atom is -0.497 e. The zero-order valence-electron chi connectivity index (χ0n) is 16.5. The van der Waals surface area contributed by atoms with Gasteiger partial charge < -0.3 is 14.5 Å². The van der Waals surface area contributed by atoms with Crippen LogP contribution in [0.1, 0.15) is 17.0 Å². The van der Waals surface area contributed by atoms with Crippen LogP contribution in [-0.4, -0.2) is 17.1 Å². The lowest BCUT2D eigenvalue weighted by molar-refractivity contribution is 0.304. The number of aromatic amines is 1. The normalized spacial score (nSPS) is 11.4. The Labute approximate surface area is 202 Å². The fourth-order valence-electron chi connectivity index (χ4n) is 3.03. The number of nitriles is 1. The van der Waals surface area contributed by atoms with Gasteiger partial charge in [-0.05, 0) is 92.1 Å². The summed E-state index contributed by atoms with van der Waals surface area (Å²) in [6.45, 7) is 0.483. The molecule has 0 spiro atoms. The number of halogens is 2. The number of hydrogen-bond acceptors (Lipinski definition) is 4. The molecule has 1 N–H and O–H groups in total. The van der Waals surface area contributed by atoms with Crippen molar-refractivity contribution in [2.24, 2.45) is 0 Å². The lowest BCUT2D eigenvalue weighted by atomic mass is 10.1. The summed E-state index contributed by atoms with van der Waals surface area (Å²) in [5.74, 6) is 1.99. The number of imidazole rings is 1. The van der Waals surface area contributed by atoms with Crippen LogP contribution in [0.4, 0.5) is 0 Å². The molecule has 3 aromatic carbocycles. The van der Waals surface area contributed by atoms with Crippen molar-refractivity contribution in [3.63, 3.8) is 0 Å². The molecule has 0 radical (unpaired) electrons. The molecular weight excluding hydrogens is 569 g/mol. The van der Waals surface area contributed by atoms with Crippen molar-refractivity contribution in [3.05, 3.63) is 85.7 Å². The highest BCUT2D eigenvalue weighted by Crippen LogP contribution is 2.29. The number of nitrogens with one attached hydrogen (secondary N) is 1. The quantitative estimate of drug-likeness (QED) is 0.205. The zero-order valence-corrected chi connectivity index (χ0v) is 20.3. The molecule has 0 saturated heterocycles. The predicted octanol–water partition coefficient (Wildman–Crippen LogP) is 6.58. The molecule has 0 saturated carbocycles. The lowest BCUT2D eigenvalue weighted by Crippen LogP contribution is -1.96. The van der Waals surface area contributed by atoms with E-state index in [-0.39, 0.29) is 0 Å². The summed E-state index contributed by atoms with van der Waals surface area (Å²) in [4.78, 5) is 7.72. The molecule has 0 unspecified atom stereocenters. The van der Waals surface area contributed by atoms with Gasteiger partial charge in [0.1, 0.15) is 30.0 Å². The number of ether oxygens (including phenoxy) is 2. The van der Waals surface area contributed by atoms with E-state index in [1.807, 2.05) is 36.4 Å². The number of methoxy groups -OCH3 is 1. The van der Waals surface area contributed by atoms with Crippen LogP contribution in [0.5, 0.6) is 11.5 Å². The molecule has 0 amide bonds. The van der Waals surface area contributed by atoms with Crippen LogP contribution >= 0.6 is 38.5 Å². The van der Waals surface area contributed by atoms with E-state index in [9.17, 15) is 5.26 Å². The Hall–Kier alpha value is -2.83. The highest BCUT2D eigenvalue weighted by atomic mass is 127. The summed E-state index contributed by atoms with van der Waals surface area (Å²) < 4.78 is 13.2. The van der Waals surface area contributed by atoms with Gasteiger partial charge in [0.25, 0.3) is 0 Å².